The van der Waals surface area contributed by atoms with Crippen molar-refractivity contribution in [3.63, 3.8) is 0 Å². The van der Waals surface area contributed by atoms with Crippen molar-refractivity contribution in [3.8, 4) is 0 Å². The zero-order valence-corrected chi connectivity index (χ0v) is 11.5. The molecule has 4 heteroatoms. The van der Waals surface area contributed by atoms with Crippen molar-refractivity contribution in [2.45, 2.75) is 6.92 Å². The maximum absolute atomic E-state index is 8.03. The molecule has 2 rings (SSSR count). The van der Waals surface area contributed by atoms with E-state index in [0.717, 1.165) is 16.9 Å². The summed E-state index contributed by atoms with van der Waals surface area (Å²) in [6.45, 7) is 2.47. The molecule has 0 fully saturated rings. The molecule has 0 saturated carbocycles. The second kappa shape index (κ2) is 6.63. The van der Waals surface area contributed by atoms with Gasteiger partial charge in [0, 0.05) is 23.9 Å². The molecule has 2 aromatic carbocycles. The third-order valence-corrected chi connectivity index (χ3v) is 2.89. The van der Waals surface area contributed by atoms with E-state index in [1.807, 2.05) is 73.8 Å². The number of anilines is 1. The SMILES string of the molecule is C/C(=C\N(N)c1ccccc1)C[N+](=N)c1ccccc1. The number of benzene rings is 2. The third kappa shape index (κ3) is 3.76. The van der Waals surface area contributed by atoms with Gasteiger partial charge in [-0.25, -0.2) is 5.84 Å². The van der Waals surface area contributed by atoms with Crippen molar-refractivity contribution in [1.29, 1.82) is 5.53 Å². The Kier molecular flexibility index (Phi) is 4.63. The topological polar surface area (TPSA) is 56.1 Å². The van der Waals surface area contributed by atoms with Crippen molar-refractivity contribution in [1.82, 2.24) is 0 Å². The first-order valence-electron chi connectivity index (χ1n) is 6.47. The summed E-state index contributed by atoms with van der Waals surface area (Å²) in [5, 5.41) is 1.58. The van der Waals surface area contributed by atoms with Gasteiger partial charge >= 0.3 is 0 Å². The lowest BCUT2D eigenvalue weighted by Gasteiger charge is -2.14. The Labute approximate surface area is 119 Å². The smallest absolute Gasteiger partial charge is 0.231 e. The van der Waals surface area contributed by atoms with Gasteiger partial charge in [0.15, 0.2) is 6.54 Å². The fraction of sp³-hybridized carbons (Fsp3) is 0.125. The van der Waals surface area contributed by atoms with Crippen LogP contribution in [0.1, 0.15) is 6.92 Å². The summed E-state index contributed by atoms with van der Waals surface area (Å²) in [6, 6.07) is 19.3. The van der Waals surface area contributed by atoms with Gasteiger partial charge in [0.1, 0.15) is 0 Å². The fourth-order valence-electron chi connectivity index (χ4n) is 1.90. The first kappa shape index (κ1) is 14.0. The minimum absolute atomic E-state index is 0.505. The molecule has 0 radical (unpaired) electrons. The molecule has 0 saturated heterocycles. The van der Waals surface area contributed by atoms with Crippen molar-refractivity contribution in [3.05, 3.63) is 72.4 Å². The zero-order chi connectivity index (χ0) is 14.4. The molecule has 0 unspecified atom stereocenters. The van der Waals surface area contributed by atoms with Gasteiger partial charge < -0.3 is 0 Å². The molecule has 0 spiro atoms. The molecule has 0 bridgehead atoms. The molecule has 0 amide bonds. The van der Waals surface area contributed by atoms with Gasteiger partial charge in [-0.1, -0.05) is 46.6 Å². The van der Waals surface area contributed by atoms with Crippen LogP contribution < -0.4 is 10.9 Å². The Hall–Kier alpha value is -2.46. The summed E-state index contributed by atoms with van der Waals surface area (Å²) >= 11 is 0. The Morgan fingerprint density at radius 2 is 1.65 bits per heavy atom. The van der Waals surface area contributed by atoms with Gasteiger partial charge in [-0.2, -0.15) is 0 Å². The minimum Gasteiger partial charge on any atom is -0.287 e. The summed E-state index contributed by atoms with van der Waals surface area (Å²) in [6.07, 6.45) is 1.85. The summed E-state index contributed by atoms with van der Waals surface area (Å²) in [7, 11) is 0. The first-order valence-corrected chi connectivity index (χ1v) is 6.47. The van der Waals surface area contributed by atoms with Crippen LogP contribution in [0.3, 0.4) is 0 Å². The highest BCUT2D eigenvalue weighted by Crippen LogP contribution is 2.13. The lowest BCUT2D eigenvalue weighted by Crippen LogP contribution is -2.25. The Morgan fingerprint density at radius 1 is 1.10 bits per heavy atom. The van der Waals surface area contributed by atoms with E-state index in [4.69, 9.17) is 11.4 Å². The molecular weight excluding hydrogens is 248 g/mol. The third-order valence-electron chi connectivity index (χ3n) is 2.89. The molecule has 0 aromatic heterocycles. The van der Waals surface area contributed by atoms with E-state index < -0.39 is 0 Å². The standard InChI is InChI=1S/C16H19N4/c1-14(12-19(17)15-8-4-2-5-9-15)13-20(18)16-10-6-3-7-11-16/h2-12,18H,13,17H2,1H3/q+1/b14-12+,20-18?. The lowest BCUT2D eigenvalue weighted by atomic mass is 10.2. The maximum atomic E-state index is 8.03. The highest BCUT2D eigenvalue weighted by Gasteiger charge is 2.09. The Bertz CT molecular complexity index is 590. The highest BCUT2D eigenvalue weighted by atomic mass is 15.4. The monoisotopic (exact) mass is 267 g/mol. The van der Waals surface area contributed by atoms with E-state index in [1.165, 1.54) is 4.70 Å². The van der Waals surface area contributed by atoms with Crippen molar-refractivity contribution < 1.29 is 4.70 Å². The second-order valence-corrected chi connectivity index (χ2v) is 4.64. The van der Waals surface area contributed by atoms with E-state index in [0.29, 0.717) is 6.54 Å². The molecule has 20 heavy (non-hydrogen) atoms. The molecule has 0 aliphatic heterocycles. The maximum Gasteiger partial charge on any atom is 0.231 e. The number of nitrogens with two attached hydrogens (primary N) is 1. The molecule has 0 aliphatic carbocycles. The molecule has 0 atom stereocenters. The van der Waals surface area contributed by atoms with E-state index in [9.17, 15) is 0 Å². The number of nitrogens with one attached hydrogen (secondary N) is 1. The molecule has 0 aliphatic rings. The number of rotatable bonds is 5. The average Bonchev–Trinajstić information content (AvgIpc) is 2.49. The van der Waals surface area contributed by atoms with Crippen LogP contribution in [0.25, 0.3) is 0 Å². The van der Waals surface area contributed by atoms with Gasteiger partial charge in [-0.3, -0.25) is 5.01 Å². The van der Waals surface area contributed by atoms with Crippen LogP contribution in [0, 0.1) is 5.53 Å². The van der Waals surface area contributed by atoms with Gasteiger partial charge in [-0.15, -0.1) is 0 Å². The molecule has 102 valence electrons. The molecule has 4 nitrogen and oxygen atoms in total. The van der Waals surface area contributed by atoms with E-state index in [-0.39, 0.29) is 0 Å². The quantitative estimate of drug-likeness (QED) is 0.376. The number of hydrazine groups is 1. The Morgan fingerprint density at radius 3 is 2.25 bits per heavy atom. The number of hydrogen-bond acceptors (Lipinski definition) is 3. The van der Waals surface area contributed by atoms with Gasteiger partial charge in [-0.05, 0) is 19.1 Å². The molecule has 2 aromatic rings. The van der Waals surface area contributed by atoms with Crippen molar-refractivity contribution in [2.75, 3.05) is 11.6 Å². The molecular formula is C16H19N4+. The van der Waals surface area contributed by atoms with Gasteiger partial charge in [0.25, 0.3) is 0 Å². The fourth-order valence-corrected chi connectivity index (χ4v) is 1.90. The molecule has 0 heterocycles. The van der Waals surface area contributed by atoms with Crippen LogP contribution in [0.15, 0.2) is 72.4 Å². The summed E-state index contributed by atoms with van der Waals surface area (Å²) in [5.74, 6) is 5.99. The van der Waals surface area contributed by atoms with Crippen LogP contribution >= 0.6 is 0 Å². The highest BCUT2D eigenvalue weighted by molar-refractivity contribution is 5.47. The second-order valence-electron chi connectivity index (χ2n) is 4.64. The molecule has 3 N–H and O–H groups in total. The van der Waals surface area contributed by atoms with Crippen molar-refractivity contribution >= 4 is 11.4 Å². The van der Waals surface area contributed by atoms with Crippen LogP contribution in [0.2, 0.25) is 0 Å². The summed E-state index contributed by atoms with van der Waals surface area (Å²) < 4.78 is 1.45. The first-order chi connectivity index (χ1) is 9.66. The van der Waals surface area contributed by atoms with Crippen LogP contribution in [-0.2, 0) is 0 Å². The predicted molar refractivity (Wildman–Crippen MR) is 80.8 cm³/mol. The van der Waals surface area contributed by atoms with Crippen molar-refractivity contribution in [2.24, 2.45) is 5.84 Å². The normalized spacial score (nSPS) is 11.2. The largest absolute Gasteiger partial charge is 0.287 e. The number of hydrogen-bond donors (Lipinski definition) is 2. The zero-order valence-electron chi connectivity index (χ0n) is 11.5. The Balaban J connectivity index is 2.03. The number of nitrogens with zero attached hydrogens (tertiary/aromatic N) is 2. The van der Waals surface area contributed by atoms with Gasteiger partial charge in [0.05, 0.1) is 5.69 Å². The van der Waals surface area contributed by atoms with Gasteiger partial charge in [0.2, 0.25) is 5.69 Å². The van der Waals surface area contributed by atoms with Crippen LogP contribution in [0.5, 0.6) is 0 Å². The number of para-hydroxylation sites is 2. The van der Waals surface area contributed by atoms with Crippen LogP contribution in [-0.4, -0.2) is 11.2 Å². The minimum atomic E-state index is 0.505. The lowest BCUT2D eigenvalue weighted by molar-refractivity contribution is -0.527. The van der Waals surface area contributed by atoms with E-state index >= 15 is 0 Å². The summed E-state index contributed by atoms with van der Waals surface area (Å²) in [4.78, 5) is 0. The van der Waals surface area contributed by atoms with Crippen LogP contribution in [0.4, 0.5) is 11.4 Å². The van der Waals surface area contributed by atoms with E-state index in [1.54, 1.807) is 5.01 Å². The van der Waals surface area contributed by atoms with E-state index in [2.05, 4.69) is 0 Å². The summed E-state index contributed by atoms with van der Waals surface area (Å²) in [5.41, 5.74) is 10.8. The average molecular weight is 267 g/mol. The predicted octanol–water partition coefficient (Wildman–Crippen LogP) is 3.65.